The third kappa shape index (κ3) is 7.18. The molecule has 150 valence electrons. The van der Waals surface area contributed by atoms with Crippen molar-refractivity contribution in [2.45, 2.75) is 58.5 Å². The van der Waals surface area contributed by atoms with Crippen LogP contribution in [0.3, 0.4) is 0 Å². The van der Waals surface area contributed by atoms with Crippen LogP contribution in [0.1, 0.15) is 45.2 Å². The quantitative estimate of drug-likeness (QED) is 0.753. The highest BCUT2D eigenvalue weighted by atomic mass is 16.2. The number of hydrogen-bond donors (Lipinski definition) is 1. The highest BCUT2D eigenvalue weighted by molar-refractivity contribution is 5.87. The first-order valence-electron chi connectivity index (χ1n) is 9.95. The molecule has 2 aromatic carbocycles. The molecule has 28 heavy (non-hydrogen) atoms. The Kier molecular flexibility index (Phi) is 7.80. The molecule has 1 unspecified atom stereocenters. The van der Waals surface area contributed by atoms with E-state index < -0.39 is 6.04 Å². The number of hydrogen-bond acceptors (Lipinski definition) is 2. The molecule has 0 aliphatic heterocycles. The fraction of sp³-hybridized carbons (Fsp3) is 0.417. The van der Waals surface area contributed by atoms with E-state index >= 15 is 0 Å². The molecule has 0 radical (unpaired) electrons. The molecule has 2 rings (SSSR count). The van der Waals surface area contributed by atoms with Gasteiger partial charge < -0.3 is 10.2 Å². The van der Waals surface area contributed by atoms with Gasteiger partial charge in [0.15, 0.2) is 0 Å². The van der Waals surface area contributed by atoms with Gasteiger partial charge in [0.1, 0.15) is 6.04 Å². The minimum absolute atomic E-state index is 0.0105. The van der Waals surface area contributed by atoms with Crippen LogP contribution in [0.4, 0.5) is 0 Å². The second-order valence-electron chi connectivity index (χ2n) is 8.22. The molecule has 2 amide bonds. The lowest BCUT2D eigenvalue weighted by molar-refractivity contribution is -0.140. The molecular weight excluding hydrogens is 348 g/mol. The Morgan fingerprint density at radius 3 is 1.89 bits per heavy atom. The van der Waals surface area contributed by atoms with Crippen LogP contribution in [0.15, 0.2) is 60.7 Å². The van der Waals surface area contributed by atoms with Crippen molar-refractivity contribution in [2.75, 3.05) is 6.54 Å². The summed E-state index contributed by atoms with van der Waals surface area (Å²) in [7, 11) is 0. The summed E-state index contributed by atoms with van der Waals surface area (Å²) in [4.78, 5) is 27.4. The third-order valence-electron chi connectivity index (χ3n) is 4.62. The lowest BCUT2D eigenvalue weighted by Crippen LogP contribution is -2.53. The van der Waals surface area contributed by atoms with Crippen LogP contribution in [0.5, 0.6) is 0 Å². The van der Waals surface area contributed by atoms with E-state index in [4.69, 9.17) is 0 Å². The summed E-state index contributed by atoms with van der Waals surface area (Å²) in [6.07, 6.45) is 1.80. The summed E-state index contributed by atoms with van der Waals surface area (Å²) in [6.45, 7) is 8.18. The van der Waals surface area contributed by atoms with Crippen LogP contribution >= 0.6 is 0 Å². The van der Waals surface area contributed by atoms with E-state index in [1.807, 2.05) is 88.4 Å². The topological polar surface area (TPSA) is 49.4 Å². The number of nitrogens with one attached hydrogen (secondary N) is 1. The van der Waals surface area contributed by atoms with Crippen molar-refractivity contribution in [3.05, 3.63) is 71.8 Å². The highest BCUT2D eigenvalue weighted by Crippen LogP contribution is 2.11. The van der Waals surface area contributed by atoms with E-state index in [2.05, 4.69) is 5.32 Å². The third-order valence-corrected chi connectivity index (χ3v) is 4.62. The molecule has 0 bridgehead atoms. The number of amides is 2. The maximum Gasteiger partial charge on any atom is 0.242 e. The number of rotatable bonds is 8. The summed E-state index contributed by atoms with van der Waals surface area (Å²) < 4.78 is 0. The van der Waals surface area contributed by atoms with Crippen molar-refractivity contribution in [3.63, 3.8) is 0 Å². The van der Waals surface area contributed by atoms with Gasteiger partial charge in [0.25, 0.3) is 0 Å². The molecule has 0 aliphatic rings. The summed E-state index contributed by atoms with van der Waals surface area (Å²) in [5, 5.41) is 2.99. The van der Waals surface area contributed by atoms with Gasteiger partial charge in [0.2, 0.25) is 11.8 Å². The van der Waals surface area contributed by atoms with Crippen molar-refractivity contribution in [2.24, 2.45) is 0 Å². The maximum atomic E-state index is 13.0. The van der Waals surface area contributed by atoms with Crippen LogP contribution in [-0.4, -0.2) is 34.8 Å². The summed E-state index contributed by atoms with van der Waals surface area (Å²) in [5.41, 5.74) is 1.96. The molecule has 0 aromatic heterocycles. The van der Waals surface area contributed by atoms with Crippen LogP contribution in [0, 0.1) is 0 Å². The smallest absolute Gasteiger partial charge is 0.242 e. The standard InChI is InChI=1S/C24H32N2O2/c1-19(23(28)25-24(2,3)4)26(18-17-21-13-9-6-10-14-21)22(27)16-15-20-11-7-5-8-12-20/h5-14,19H,15-18H2,1-4H3,(H,25,28). The fourth-order valence-electron chi connectivity index (χ4n) is 3.08. The molecule has 0 fully saturated rings. The van der Waals surface area contributed by atoms with Gasteiger partial charge in [-0.3, -0.25) is 9.59 Å². The van der Waals surface area contributed by atoms with E-state index in [1.54, 1.807) is 4.90 Å². The molecule has 0 heterocycles. The lowest BCUT2D eigenvalue weighted by Gasteiger charge is -2.31. The van der Waals surface area contributed by atoms with Gasteiger partial charge in [-0.05, 0) is 51.7 Å². The second kappa shape index (κ2) is 10.1. The Bertz CT molecular complexity index is 751. The van der Waals surface area contributed by atoms with Crippen LogP contribution < -0.4 is 5.32 Å². The minimum Gasteiger partial charge on any atom is -0.350 e. The summed E-state index contributed by atoms with van der Waals surface area (Å²) in [6, 6.07) is 19.5. The van der Waals surface area contributed by atoms with E-state index in [-0.39, 0.29) is 17.4 Å². The first kappa shape index (κ1) is 21.7. The molecule has 0 aliphatic carbocycles. The number of aryl methyl sites for hydroxylation is 1. The van der Waals surface area contributed by atoms with Crippen molar-refractivity contribution >= 4 is 11.8 Å². The van der Waals surface area contributed by atoms with Crippen molar-refractivity contribution in [1.82, 2.24) is 10.2 Å². The van der Waals surface area contributed by atoms with Gasteiger partial charge in [0.05, 0.1) is 0 Å². The second-order valence-corrected chi connectivity index (χ2v) is 8.22. The highest BCUT2D eigenvalue weighted by Gasteiger charge is 2.27. The monoisotopic (exact) mass is 380 g/mol. The minimum atomic E-state index is -0.508. The van der Waals surface area contributed by atoms with Crippen LogP contribution in [0.25, 0.3) is 0 Å². The lowest BCUT2D eigenvalue weighted by atomic mass is 10.1. The zero-order chi connectivity index (χ0) is 20.6. The molecule has 1 N–H and O–H groups in total. The zero-order valence-corrected chi connectivity index (χ0v) is 17.4. The zero-order valence-electron chi connectivity index (χ0n) is 17.4. The number of benzene rings is 2. The first-order valence-corrected chi connectivity index (χ1v) is 9.95. The van der Waals surface area contributed by atoms with Crippen LogP contribution in [0.2, 0.25) is 0 Å². The molecular formula is C24H32N2O2. The summed E-state index contributed by atoms with van der Waals surface area (Å²) >= 11 is 0. The predicted molar refractivity (Wildman–Crippen MR) is 114 cm³/mol. The molecule has 0 saturated heterocycles. The summed E-state index contributed by atoms with van der Waals surface area (Å²) in [5.74, 6) is -0.107. The molecule has 0 spiro atoms. The largest absolute Gasteiger partial charge is 0.350 e. The molecule has 1 atom stereocenters. The van der Waals surface area contributed by atoms with Gasteiger partial charge >= 0.3 is 0 Å². The van der Waals surface area contributed by atoms with Gasteiger partial charge in [-0.1, -0.05) is 60.7 Å². The number of carbonyl (C=O) groups is 2. The molecule has 4 nitrogen and oxygen atoms in total. The molecule has 2 aromatic rings. The Hall–Kier alpha value is -2.62. The maximum absolute atomic E-state index is 13.0. The van der Waals surface area contributed by atoms with Crippen LogP contribution in [-0.2, 0) is 22.4 Å². The first-order chi connectivity index (χ1) is 13.3. The SMILES string of the molecule is CC(C(=O)NC(C)(C)C)N(CCc1ccccc1)C(=O)CCc1ccccc1. The average Bonchev–Trinajstić information content (AvgIpc) is 2.66. The Morgan fingerprint density at radius 1 is 0.893 bits per heavy atom. The van der Waals surface area contributed by atoms with Crippen molar-refractivity contribution in [3.8, 4) is 0 Å². The van der Waals surface area contributed by atoms with Crippen molar-refractivity contribution < 1.29 is 9.59 Å². The Morgan fingerprint density at radius 2 is 1.39 bits per heavy atom. The average molecular weight is 381 g/mol. The van der Waals surface area contributed by atoms with Gasteiger partial charge in [-0.2, -0.15) is 0 Å². The fourth-order valence-corrected chi connectivity index (χ4v) is 3.08. The van der Waals surface area contributed by atoms with Gasteiger partial charge in [0, 0.05) is 18.5 Å². The van der Waals surface area contributed by atoms with E-state index in [0.29, 0.717) is 19.4 Å². The number of carbonyl (C=O) groups excluding carboxylic acids is 2. The van der Waals surface area contributed by atoms with E-state index in [9.17, 15) is 9.59 Å². The Labute approximate surface area is 169 Å². The molecule has 0 saturated carbocycles. The predicted octanol–water partition coefficient (Wildman–Crippen LogP) is 3.99. The van der Waals surface area contributed by atoms with E-state index in [0.717, 1.165) is 17.5 Å². The van der Waals surface area contributed by atoms with Gasteiger partial charge in [-0.25, -0.2) is 0 Å². The number of nitrogens with zero attached hydrogens (tertiary/aromatic N) is 1. The Balaban J connectivity index is 2.07. The van der Waals surface area contributed by atoms with Gasteiger partial charge in [-0.15, -0.1) is 0 Å². The van der Waals surface area contributed by atoms with E-state index in [1.165, 1.54) is 0 Å². The molecule has 4 heteroatoms. The normalized spacial score (nSPS) is 12.3. The van der Waals surface area contributed by atoms with Crippen molar-refractivity contribution in [1.29, 1.82) is 0 Å².